The Hall–Kier alpha value is -3.03. The molecule has 0 saturated heterocycles. The van der Waals surface area contributed by atoms with Gasteiger partial charge in [-0.25, -0.2) is 13.4 Å². The third-order valence-electron chi connectivity index (χ3n) is 5.36. The van der Waals surface area contributed by atoms with Gasteiger partial charge in [0.15, 0.2) is 0 Å². The number of rotatable bonds is 8. The van der Waals surface area contributed by atoms with E-state index in [1.807, 2.05) is 36.4 Å². The smallest absolute Gasteiger partial charge is 0.261 e. The second kappa shape index (κ2) is 9.22. The number of ether oxygens (including phenoxy) is 1. The Kier molecular flexibility index (Phi) is 6.39. The third kappa shape index (κ3) is 4.45. The number of fused-ring (bicyclic) bond motifs is 1. The van der Waals surface area contributed by atoms with E-state index in [0.717, 1.165) is 29.0 Å². The largest absolute Gasteiger partial charge is 0.495 e. The number of anilines is 1. The van der Waals surface area contributed by atoms with Gasteiger partial charge in [0, 0.05) is 13.0 Å². The molecule has 0 aliphatic carbocycles. The van der Waals surface area contributed by atoms with Gasteiger partial charge in [-0.1, -0.05) is 41.9 Å². The van der Waals surface area contributed by atoms with Crippen LogP contribution in [0.5, 0.6) is 5.75 Å². The summed E-state index contributed by atoms with van der Waals surface area (Å²) >= 11 is 6.12. The number of imidazole rings is 1. The van der Waals surface area contributed by atoms with Crippen LogP contribution < -0.4 is 9.46 Å². The van der Waals surface area contributed by atoms with Crippen molar-refractivity contribution in [2.75, 3.05) is 11.8 Å². The minimum atomic E-state index is -3.81. The summed E-state index contributed by atoms with van der Waals surface area (Å²) in [6.45, 7) is 2.92. The van der Waals surface area contributed by atoms with Gasteiger partial charge in [0.2, 0.25) is 0 Å². The van der Waals surface area contributed by atoms with E-state index in [9.17, 15) is 8.42 Å². The van der Waals surface area contributed by atoms with E-state index in [1.165, 1.54) is 25.3 Å². The molecular formula is C24H24ClN3O3S. The maximum absolute atomic E-state index is 13.0. The van der Waals surface area contributed by atoms with Crippen molar-refractivity contribution in [2.24, 2.45) is 0 Å². The van der Waals surface area contributed by atoms with Crippen molar-refractivity contribution in [3.8, 4) is 5.75 Å². The number of para-hydroxylation sites is 3. The van der Waals surface area contributed by atoms with Gasteiger partial charge >= 0.3 is 0 Å². The van der Waals surface area contributed by atoms with Gasteiger partial charge in [0.25, 0.3) is 10.0 Å². The lowest BCUT2D eigenvalue weighted by molar-refractivity contribution is 0.414. The molecule has 1 aromatic heterocycles. The van der Waals surface area contributed by atoms with Gasteiger partial charge in [0.1, 0.15) is 11.6 Å². The first-order valence-electron chi connectivity index (χ1n) is 10.3. The standard InChI is InChI=1S/C24H24ClN3O3S/c1-3-28-22-11-7-6-10-21(22)26-24(28)15-12-17-8-4-5-9-20(17)27-32(29,30)18-13-14-23(31-2)19(25)16-18/h4-11,13-14,16,27H,3,12,15H2,1-2H3. The second-order valence-electron chi connectivity index (χ2n) is 7.32. The van der Waals surface area contributed by atoms with Crippen LogP contribution in [0.2, 0.25) is 5.02 Å². The van der Waals surface area contributed by atoms with Crippen molar-refractivity contribution in [3.63, 3.8) is 0 Å². The molecule has 1 heterocycles. The number of sulfonamides is 1. The van der Waals surface area contributed by atoms with E-state index in [2.05, 4.69) is 22.3 Å². The fourth-order valence-electron chi connectivity index (χ4n) is 3.77. The van der Waals surface area contributed by atoms with Gasteiger partial charge in [-0.3, -0.25) is 4.72 Å². The van der Waals surface area contributed by atoms with E-state index in [4.69, 9.17) is 21.3 Å². The van der Waals surface area contributed by atoms with Crippen molar-refractivity contribution in [1.82, 2.24) is 9.55 Å². The number of nitrogens with zero attached hydrogens (tertiary/aromatic N) is 2. The summed E-state index contributed by atoms with van der Waals surface area (Å²) in [6, 6.07) is 19.9. The van der Waals surface area contributed by atoms with Crippen molar-refractivity contribution >= 4 is 38.3 Å². The highest BCUT2D eigenvalue weighted by Gasteiger charge is 2.18. The first-order valence-corrected chi connectivity index (χ1v) is 12.2. The third-order valence-corrected chi connectivity index (χ3v) is 7.02. The number of methoxy groups -OCH3 is 1. The molecule has 0 fully saturated rings. The molecule has 0 amide bonds. The summed E-state index contributed by atoms with van der Waals surface area (Å²) in [5.41, 5.74) is 3.51. The molecule has 0 spiro atoms. The van der Waals surface area contributed by atoms with Crippen LogP contribution in [0.15, 0.2) is 71.6 Å². The predicted molar refractivity (Wildman–Crippen MR) is 128 cm³/mol. The fourth-order valence-corrected chi connectivity index (χ4v) is 5.22. The minimum absolute atomic E-state index is 0.0749. The molecule has 166 valence electrons. The fraction of sp³-hybridized carbons (Fsp3) is 0.208. The first kappa shape index (κ1) is 22.2. The summed E-state index contributed by atoms with van der Waals surface area (Å²) in [4.78, 5) is 4.85. The lowest BCUT2D eigenvalue weighted by atomic mass is 10.1. The molecule has 8 heteroatoms. The maximum Gasteiger partial charge on any atom is 0.261 e. The molecule has 1 N–H and O–H groups in total. The van der Waals surface area contributed by atoms with Crippen LogP contribution in [0.4, 0.5) is 5.69 Å². The number of hydrogen-bond acceptors (Lipinski definition) is 4. The average molecular weight is 470 g/mol. The Morgan fingerprint density at radius 3 is 2.53 bits per heavy atom. The molecule has 0 radical (unpaired) electrons. The highest BCUT2D eigenvalue weighted by Crippen LogP contribution is 2.29. The molecule has 6 nitrogen and oxygen atoms in total. The Labute approximate surface area is 192 Å². The summed E-state index contributed by atoms with van der Waals surface area (Å²) in [6.07, 6.45) is 1.33. The van der Waals surface area contributed by atoms with Crippen molar-refractivity contribution in [3.05, 3.63) is 83.1 Å². The Balaban J connectivity index is 1.58. The van der Waals surface area contributed by atoms with Crippen molar-refractivity contribution in [1.29, 1.82) is 0 Å². The number of aryl methyl sites for hydroxylation is 3. The molecule has 32 heavy (non-hydrogen) atoms. The van der Waals surface area contributed by atoms with Gasteiger partial charge in [0.05, 0.1) is 33.7 Å². The SMILES string of the molecule is CCn1c(CCc2ccccc2NS(=O)(=O)c2ccc(OC)c(Cl)c2)nc2ccccc21. The van der Waals surface area contributed by atoms with Gasteiger partial charge in [-0.05, 0) is 55.3 Å². The normalized spacial score (nSPS) is 11.6. The topological polar surface area (TPSA) is 73.2 Å². The Morgan fingerprint density at radius 2 is 1.78 bits per heavy atom. The molecule has 0 atom stereocenters. The van der Waals surface area contributed by atoms with Gasteiger partial charge < -0.3 is 9.30 Å². The molecule has 0 bridgehead atoms. The number of halogens is 1. The lowest BCUT2D eigenvalue weighted by Gasteiger charge is -2.14. The quantitative estimate of drug-likeness (QED) is 0.380. The molecule has 0 aliphatic heterocycles. The van der Waals surface area contributed by atoms with Crippen LogP contribution in [0.1, 0.15) is 18.3 Å². The number of nitrogens with one attached hydrogen (secondary N) is 1. The number of aromatic nitrogens is 2. The van der Waals surface area contributed by atoms with Crippen molar-refractivity contribution in [2.45, 2.75) is 31.2 Å². The first-order chi connectivity index (χ1) is 15.4. The molecule has 0 aliphatic rings. The zero-order valence-corrected chi connectivity index (χ0v) is 19.4. The molecule has 0 saturated carbocycles. The minimum Gasteiger partial charge on any atom is -0.495 e. The molecule has 0 unspecified atom stereocenters. The van der Waals surface area contributed by atoms with E-state index < -0.39 is 10.0 Å². The highest BCUT2D eigenvalue weighted by molar-refractivity contribution is 7.92. The van der Waals surface area contributed by atoms with Crippen LogP contribution in [-0.4, -0.2) is 25.1 Å². The molecular weight excluding hydrogens is 446 g/mol. The van der Waals surface area contributed by atoms with E-state index >= 15 is 0 Å². The van der Waals surface area contributed by atoms with Gasteiger partial charge in [-0.2, -0.15) is 0 Å². The van der Waals surface area contributed by atoms with E-state index in [-0.39, 0.29) is 9.92 Å². The zero-order chi connectivity index (χ0) is 22.7. The molecule has 4 rings (SSSR count). The summed E-state index contributed by atoms with van der Waals surface area (Å²) in [5.74, 6) is 1.40. The average Bonchev–Trinajstić information content (AvgIpc) is 3.15. The van der Waals surface area contributed by atoms with Gasteiger partial charge in [-0.15, -0.1) is 0 Å². The maximum atomic E-state index is 13.0. The van der Waals surface area contributed by atoms with Crippen LogP contribution in [0.25, 0.3) is 11.0 Å². The van der Waals surface area contributed by atoms with Crippen LogP contribution >= 0.6 is 11.6 Å². The highest BCUT2D eigenvalue weighted by atomic mass is 35.5. The molecule has 3 aromatic carbocycles. The summed E-state index contributed by atoms with van der Waals surface area (Å²) < 4.78 is 36.0. The second-order valence-corrected chi connectivity index (χ2v) is 9.41. The lowest BCUT2D eigenvalue weighted by Crippen LogP contribution is -2.14. The number of benzene rings is 3. The summed E-state index contributed by atoms with van der Waals surface area (Å²) in [5, 5.41) is 0.238. The zero-order valence-electron chi connectivity index (χ0n) is 17.9. The monoisotopic (exact) mass is 469 g/mol. The van der Waals surface area contributed by atoms with Crippen LogP contribution in [0, 0.1) is 0 Å². The Bertz CT molecular complexity index is 1370. The van der Waals surface area contributed by atoms with Crippen LogP contribution in [-0.2, 0) is 29.4 Å². The number of hydrogen-bond donors (Lipinski definition) is 1. The van der Waals surface area contributed by atoms with E-state index in [1.54, 1.807) is 6.07 Å². The van der Waals surface area contributed by atoms with Crippen molar-refractivity contribution < 1.29 is 13.2 Å². The Morgan fingerprint density at radius 1 is 1.03 bits per heavy atom. The summed E-state index contributed by atoms with van der Waals surface area (Å²) in [7, 11) is -2.33. The van der Waals surface area contributed by atoms with Crippen LogP contribution in [0.3, 0.4) is 0 Å². The predicted octanol–water partition coefficient (Wildman–Crippen LogP) is 5.30. The molecule has 4 aromatic rings. The van der Waals surface area contributed by atoms with E-state index in [0.29, 0.717) is 24.3 Å².